The van der Waals surface area contributed by atoms with Crippen molar-refractivity contribution in [2.75, 3.05) is 24.9 Å². The zero-order valence-corrected chi connectivity index (χ0v) is 16.0. The van der Waals surface area contributed by atoms with E-state index in [1.54, 1.807) is 14.2 Å². The number of methoxy groups -OCH3 is 2. The minimum absolute atomic E-state index is 0.222. The van der Waals surface area contributed by atoms with Crippen LogP contribution in [0, 0.1) is 0 Å². The first kappa shape index (κ1) is 18.5. The van der Waals surface area contributed by atoms with Crippen molar-refractivity contribution in [1.29, 1.82) is 0 Å². The van der Waals surface area contributed by atoms with E-state index in [2.05, 4.69) is 34.4 Å². The van der Waals surface area contributed by atoms with Gasteiger partial charge in [0.25, 0.3) is 0 Å². The highest BCUT2D eigenvalue weighted by atomic mass is 16.5. The number of rotatable bonds is 7. The van der Waals surface area contributed by atoms with Crippen LogP contribution in [0.15, 0.2) is 54.6 Å². The van der Waals surface area contributed by atoms with Gasteiger partial charge in [0.1, 0.15) is 17.3 Å². The minimum atomic E-state index is 0.222. The lowest BCUT2D eigenvalue weighted by molar-refractivity contribution is 0.395. The molecule has 0 saturated heterocycles. The second-order valence-corrected chi connectivity index (χ2v) is 6.32. The third-order valence-electron chi connectivity index (χ3n) is 3.88. The molecule has 0 saturated carbocycles. The quantitative estimate of drug-likeness (QED) is 0.632. The predicted molar refractivity (Wildman–Crippen MR) is 109 cm³/mol. The molecule has 0 bridgehead atoms. The number of benzene rings is 2. The van der Waals surface area contributed by atoms with E-state index in [1.807, 2.05) is 54.6 Å². The van der Waals surface area contributed by atoms with Crippen LogP contribution in [0.4, 0.5) is 17.5 Å². The Hall–Kier alpha value is -3.28. The van der Waals surface area contributed by atoms with Crippen molar-refractivity contribution in [2.24, 2.45) is 0 Å². The lowest BCUT2D eigenvalue weighted by Gasteiger charge is -2.15. The van der Waals surface area contributed by atoms with Gasteiger partial charge in [-0.2, -0.15) is 4.98 Å². The van der Waals surface area contributed by atoms with Gasteiger partial charge in [-0.05, 0) is 26.0 Å². The van der Waals surface area contributed by atoms with Crippen LogP contribution in [0.5, 0.6) is 11.5 Å². The fourth-order valence-electron chi connectivity index (χ4n) is 2.63. The molecule has 6 heteroatoms. The Bertz CT molecular complexity index is 898. The van der Waals surface area contributed by atoms with Crippen LogP contribution in [0.2, 0.25) is 0 Å². The highest BCUT2D eigenvalue weighted by Gasteiger charge is 2.11. The van der Waals surface area contributed by atoms with Crippen molar-refractivity contribution in [3.63, 3.8) is 0 Å². The molecule has 1 heterocycles. The number of nitrogens with one attached hydrogen (secondary N) is 2. The molecule has 1 aromatic heterocycles. The van der Waals surface area contributed by atoms with Crippen molar-refractivity contribution in [3.05, 3.63) is 54.6 Å². The molecule has 0 unspecified atom stereocenters. The van der Waals surface area contributed by atoms with Crippen LogP contribution in [-0.4, -0.2) is 30.2 Å². The van der Waals surface area contributed by atoms with Crippen LogP contribution in [0.3, 0.4) is 0 Å². The van der Waals surface area contributed by atoms with E-state index in [4.69, 9.17) is 9.47 Å². The van der Waals surface area contributed by atoms with Crippen LogP contribution >= 0.6 is 0 Å². The normalized spacial score (nSPS) is 10.6. The van der Waals surface area contributed by atoms with Gasteiger partial charge in [0, 0.05) is 23.7 Å². The molecule has 0 aliphatic rings. The van der Waals surface area contributed by atoms with Crippen molar-refractivity contribution in [3.8, 4) is 22.8 Å². The molecule has 27 heavy (non-hydrogen) atoms. The van der Waals surface area contributed by atoms with Gasteiger partial charge in [0.05, 0.1) is 25.6 Å². The van der Waals surface area contributed by atoms with E-state index < -0.39 is 0 Å². The zero-order chi connectivity index (χ0) is 19.2. The fourth-order valence-corrected chi connectivity index (χ4v) is 2.63. The predicted octanol–water partition coefficient (Wildman–Crippen LogP) is 4.72. The highest BCUT2D eigenvalue weighted by molar-refractivity contribution is 5.70. The number of anilines is 3. The van der Waals surface area contributed by atoms with Crippen molar-refractivity contribution >= 4 is 17.5 Å². The summed E-state index contributed by atoms with van der Waals surface area (Å²) in [6, 6.07) is 17.8. The van der Waals surface area contributed by atoms with Gasteiger partial charge < -0.3 is 20.1 Å². The van der Waals surface area contributed by atoms with Crippen LogP contribution in [-0.2, 0) is 0 Å². The molecule has 3 rings (SSSR count). The Kier molecular flexibility index (Phi) is 5.76. The second kappa shape index (κ2) is 8.40. The van der Waals surface area contributed by atoms with Gasteiger partial charge in [0.2, 0.25) is 5.95 Å². The molecule has 0 atom stereocenters. The summed E-state index contributed by atoms with van der Waals surface area (Å²) >= 11 is 0. The Morgan fingerprint density at radius 2 is 1.67 bits per heavy atom. The first-order chi connectivity index (χ1) is 13.1. The molecule has 0 fully saturated rings. The SMILES string of the molecule is COc1ccc(Nc2cc(-c3ccccc3)nc(NC(C)C)n2)c(OC)c1. The summed E-state index contributed by atoms with van der Waals surface area (Å²) in [7, 11) is 3.25. The zero-order valence-electron chi connectivity index (χ0n) is 16.0. The largest absolute Gasteiger partial charge is 0.497 e. The molecule has 0 aliphatic carbocycles. The number of ether oxygens (including phenoxy) is 2. The third-order valence-corrected chi connectivity index (χ3v) is 3.88. The summed E-state index contributed by atoms with van der Waals surface area (Å²) in [5.74, 6) is 2.65. The molecule has 0 spiro atoms. The average molecular weight is 364 g/mol. The number of nitrogens with zero attached hydrogens (tertiary/aromatic N) is 2. The van der Waals surface area contributed by atoms with Crippen LogP contribution in [0.1, 0.15) is 13.8 Å². The van der Waals surface area contributed by atoms with E-state index in [9.17, 15) is 0 Å². The van der Waals surface area contributed by atoms with Gasteiger partial charge in [-0.1, -0.05) is 30.3 Å². The van der Waals surface area contributed by atoms with E-state index >= 15 is 0 Å². The number of hydrogen-bond acceptors (Lipinski definition) is 6. The molecule has 140 valence electrons. The standard InChI is InChI=1S/C21H24N4O2/c1-14(2)22-21-24-18(15-8-6-5-7-9-15)13-20(25-21)23-17-11-10-16(26-3)12-19(17)27-4/h5-14H,1-4H3,(H2,22,23,24,25). The third kappa shape index (κ3) is 4.67. The fraction of sp³-hybridized carbons (Fsp3) is 0.238. The summed E-state index contributed by atoms with van der Waals surface area (Å²) in [6.45, 7) is 4.11. The van der Waals surface area contributed by atoms with Crippen molar-refractivity contribution in [2.45, 2.75) is 19.9 Å². The summed E-state index contributed by atoms with van der Waals surface area (Å²) < 4.78 is 10.7. The van der Waals surface area contributed by atoms with Gasteiger partial charge in [0.15, 0.2) is 0 Å². The molecule has 3 aromatic rings. The second-order valence-electron chi connectivity index (χ2n) is 6.32. The molecule has 0 amide bonds. The minimum Gasteiger partial charge on any atom is -0.497 e. The van der Waals surface area contributed by atoms with Crippen LogP contribution in [0.25, 0.3) is 11.3 Å². The van der Waals surface area contributed by atoms with Gasteiger partial charge in [-0.3, -0.25) is 0 Å². The van der Waals surface area contributed by atoms with Gasteiger partial charge in [-0.25, -0.2) is 4.98 Å². The smallest absolute Gasteiger partial charge is 0.225 e. The van der Waals surface area contributed by atoms with E-state index in [0.717, 1.165) is 22.7 Å². The van der Waals surface area contributed by atoms with Gasteiger partial charge in [-0.15, -0.1) is 0 Å². The monoisotopic (exact) mass is 364 g/mol. The lowest BCUT2D eigenvalue weighted by Crippen LogP contribution is -2.13. The average Bonchev–Trinajstić information content (AvgIpc) is 2.68. The van der Waals surface area contributed by atoms with E-state index in [1.165, 1.54) is 0 Å². The van der Waals surface area contributed by atoms with E-state index in [-0.39, 0.29) is 6.04 Å². The molecular weight excluding hydrogens is 340 g/mol. The maximum absolute atomic E-state index is 5.47. The summed E-state index contributed by atoms with van der Waals surface area (Å²) in [5.41, 5.74) is 2.66. The van der Waals surface area contributed by atoms with Crippen molar-refractivity contribution in [1.82, 2.24) is 9.97 Å². The lowest BCUT2D eigenvalue weighted by atomic mass is 10.1. The molecule has 2 aromatic carbocycles. The number of hydrogen-bond donors (Lipinski definition) is 2. The highest BCUT2D eigenvalue weighted by Crippen LogP contribution is 2.32. The summed E-state index contributed by atoms with van der Waals surface area (Å²) in [4.78, 5) is 9.23. The Balaban J connectivity index is 1.99. The molecule has 2 N–H and O–H groups in total. The number of aromatic nitrogens is 2. The maximum atomic E-state index is 5.47. The van der Waals surface area contributed by atoms with Gasteiger partial charge >= 0.3 is 0 Å². The summed E-state index contributed by atoms with van der Waals surface area (Å²) in [6.07, 6.45) is 0. The van der Waals surface area contributed by atoms with Crippen LogP contribution < -0.4 is 20.1 Å². The Labute approximate surface area is 159 Å². The first-order valence-electron chi connectivity index (χ1n) is 8.79. The summed E-state index contributed by atoms with van der Waals surface area (Å²) in [5, 5.41) is 6.60. The molecule has 6 nitrogen and oxygen atoms in total. The maximum Gasteiger partial charge on any atom is 0.225 e. The first-order valence-corrected chi connectivity index (χ1v) is 8.79. The Morgan fingerprint density at radius 3 is 2.33 bits per heavy atom. The molecule has 0 radical (unpaired) electrons. The van der Waals surface area contributed by atoms with E-state index in [0.29, 0.717) is 17.5 Å². The molecule has 0 aliphatic heterocycles. The Morgan fingerprint density at radius 1 is 0.889 bits per heavy atom. The van der Waals surface area contributed by atoms with Crippen molar-refractivity contribution < 1.29 is 9.47 Å². The molecular formula is C21H24N4O2. The topological polar surface area (TPSA) is 68.3 Å².